The van der Waals surface area contributed by atoms with Crippen LogP contribution < -0.4 is 10.1 Å². The Morgan fingerprint density at radius 1 is 1.40 bits per heavy atom. The molecule has 0 amide bonds. The molecule has 1 aliphatic heterocycles. The standard InChI is InChI=1S/C14H20N4O2/c1-19-11-2-3-12-13(10-11)17-14(16-12)15-4-5-18-6-8-20-9-7-18/h2-3,10H,4-9H2,1H3,(H2,15,16,17). The van der Waals surface area contributed by atoms with Crippen LogP contribution in [0.1, 0.15) is 0 Å². The second-order valence-corrected chi connectivity index (χ2v) is 4.85. The number of aromatic nitrogens is 2. The van der Waals surface area contributed by atoms with Gasteiger partial charge >= 0.3 is 0 Å². The summed E-state index contributed by atoms with van der Waals surface area (Å²) >= 11 is 0. The molecule has 0 saturated carbocycles. The number of fused-ring (bicyclic) bond motifs is 1. The summed E-state index contributed by atoms with van der Waals surface area (Å²) in [6.07, 6.45) is 0. The molecule has 1 aromatic carbocycles. The van der Waals surface area contributed by atoms with Crippen molar-refractivity contribution in [3.63, 3.8) is 0 Å². The Bertz CT molecular complexity index is 563. The van der Waals surface area contributed by atoms with Gasteiger partial charge in [0, 0.05) is 32.2 Å². The van der Waals surface area contributed by atoms with Gasteiger partial charge in [0.1, 0.15) is 5.75 Å². The molecule has 1 saturated heterocycles. The van der Waals surface area contributed by atoms with Gasteiger partial charge in [0.25, 0.3) is 0 Å². The SMILES string of the molecule is COc1ccc2nc(NCCN3CCOCC3)[nH]c2c1. The van der Waals surface area contributed by atoms with E-state index in [-0.39, 0.29) is 0 Å². The van der Waals surface area contributed by atoms with Gasteiger partial charge in [0.2, 0.25) is 5.95 Å². The summed E-state index contributed by atoms with van der Waals surface area (Å²) in [5.74, 6) is 1.64. The van der Waals surface area contributed by atoms with E-state index in [0.717, 1.165) is 62.1 Å². The quantitative estimate of drug-likeness (QED) is 0.862. The minimum atomic E-state index is 0.807. The number of morpholine rings is 1. The van der Waals surface area contributed by atoms with E-state index in [9.17, 15) is 0 Å². The summed E-state index contributed by atoms with van der Waals surface area (Å²) in [4.78, 5) is 10.2. The number of anilines is 1. The third-order valence-electron chi connectivity index (χ3n) is 3.51. The highest BCUT2D eigenvalue weighted by atomic mass is 16.5. The van der Waals surface area contributed by atoms with Crippen LogP contribution in [0.15, 0.2) is 18.2 Å². The molecule has 0 radical (unpaired) electrons. The van der Waals surface area contributed by atoms with Gasteiger partial charge in [-0.3, -0.25) is 4.90 Å². The zero-order valence-electron chi connectivity index (χ0n) is 11.7. The number of benzene rings is 1. The lowest BCUT2D eigenvalue weighted by Gasteiger charge is -2.26. The molecular weight excluding hydrogens is 256 g/mol. The van der Waals surface area contributed by atoms with Crippen molar-refractivity contribution in [1.29, 1.82) is 0 Å². The van der Waals surface area contributed by atoms with E-state index < -0.39 is 0 Å². The molecule has 0 spiro atoms. The molecule has 0 bridgehead atoms. The molecule has 1 aromatic heterocycles. The second-order valence-electron chi connectivity index (χ2n) is 4.85. The van der Waals surface area contributed by atoms with Crippen LogP contribution in [0.3, 0.4) is 0 Å². The summed E-state index contributed by atoms with van der Waals surface area (Å²) in [6.45, 7) is 5.58. The highest BCUT2D eigenvalue weighted by molar-refractivity contribution is 5.79. The largest absolute Gasteiger partial charge is 0.497 e. The number of ether oxygens (including phenoxy) is 2. The molecule has 3 rings (SSSR count). The third-order valence-corrected chi connectivity index (χ3v) is 3.51. The number of imidazole rings is 1. The van der Waals surface area contributed by atoms with Crippen molar-refractivity contribution in [2.24, 2.45) is 0 Å². The zero-order valence-corrected chi connectivity index (χ0v) is 11.7. The number of H-pyrrole nitrogens is 1. The first-order valence-corrected chi connectivity index (χ1v) is 6.93. The maximum Gasteiger partial charge on any atom is 0.201 e. The van der Waals surface area contributed by atoms with Gasteiger partial charge in [0.15, 0.2) is 0 Å². The molecule has 1 aliphatic rings. The number of rotatable bonds is 5. The normalized spacial score (nSPS) is 16.4. The highest BCUT2D eigenvalue weighted by Crippen LogP contribution is 2.20. The topological polar surface area (TPSA) is 62.4 Å². The van der Waals surface area contributed by atoms with Crippen molar-refractivity contribution >= 4 is 17.0 Å². The van der Waals surface area contributed by atoms with Crippen molar-refractivity contribution in [2.45, 2.75) is 0 Å². The van der Waals surface area contributed by atoms with Gasteiger partial charge in [-0.1, -0.05) is 0 Å². The molecule has 108 valence electrons. The van der Waals surface area contributed by atoms with Crippen LogP contribution in [-0.2, 0) is 4.74 Å². The van der Waals surface area contributed by atoms with E-state index in [0.29, 0.717) is 0 Å². The average molecular weight is 276 g/mol. The Morgan fingerprint density at radius 2 is 2.25 bits per heavy atom. The van der Waals surface area contributed by atoms with Crippen LogP contribution in [0, 0.1) is 0 Å². The molecule has 2 heterocycles. The first-order chi connectivity index (χ1) is 9.85. The van der Waals surface area contributed by atoms with Gasteiger partial charge in [0.05, 0.1) is 31.4 Å². The predicted octanol–water partition coefficient (Wildman–Crippen LogP) is 1.32. The maximum absolute atomic E-state index is 5.33. The maximum atomic E-state index is 5.33. The number of nitrogens with one attached hydrogen (secondary N) is 2. The molecule has 6 heteroatoms. The summed E-state index contributed by atoms with van der Waals surface area (Å²) in [6, 6.07) is 5.83. The molecule has 2 aromatic rings. The van der Waals surface area contributed by atoms with E-state index in [1.54, 1.807) is 7.11 Å². The van der Waals surface area contributed by atoms with Crippen molar-refractivity contribution in [3.05, 3.63) is 18.2 Å². The summed E-state index contributed by atoms with van der Waals surface area (Å²) < 4.78 is 10.5. The molecule has 1 fully saturated rings. The average Bonchev–Trinajstić information content (AvgIpc) is 2.90. The van der Waals surface area contributed by atoms with Gasteiger partial charge < -0.3 is 19.8 Å². The fourth-order valence-electron chi connectivity index (χ4n) is 2.36. The first kappa shape index (κ1) is 13.2. The van der Waals surface area contributed by atoms with Crippen LogP contribution in [0.2, 0.25) is 0 Å². The third kappa shape index (κ3) is 3.02. The van der Waals surface area contributed by atoms with Crippen LogP contribution >= 0.6 is 0 Å². The lowest BCUT2D eigenvalue weighted by Crippen LogP contribution is -2.39. The van der Waals surface area contributed by atoms with Crippen LogP contribution in [0.4, 0.5) is 5.95 Å². The lowest BCUT2D eigenvalue weighted by molar-refractivity contribution is 0.0398. The monoisotopic (exact) mass is 276 g/mol. The molecule has 2 N–H and O–H groups in total. The molecule has 6 nitrogen and oxygen atoms in total. The Balaban J connectivity index is 1.57. The number of hydrogen-bond donors (Lipinski definition) is 2. The first-order valence-electron chi connectivity index (χ1n) is 6.93. The van der Waals surface area contributed by atoms with E-state index >= 15 is 0 Å². The smallest absolute Gasteiger partial charge is 0.201 e. The van der Waals surface area contributed by atoms with Crippen LogP contribution in [-0.4, -0.2) is 61.4 Å². The Kier molecular flexibility index (Phi) is 4.03. The van der Waals surface area contributed by atoms with Crippen molar-refractivity contribution in [1.82, 2.24) is 14.9 Å². The minimum absolute atomic E-state index is 0.807. The number of methoxy groups -OCH3 is 1. The van der Waals surface area contributed by atoms with Gasteiger partial charge in [-0.15, -0.1) is 0 Å². The highest BCUT2D eigenvalue weighted by Gasteiger charge is 2.10. The number of aromatic amines is 1. The molecule has 0 atom stereocenters. The summed E-state index contributed by atoms with van der Waals surface area (Å²) in [5.41, 5.74) is 1.93. The Hall–Kier alpha value is -1.79. The second kappa shape index (κ2) is 6.11. The van der Waals surface area contributed by atoms with Crippen LogP contribution in [0.25, 0.3) is 11.0 Å². The summed E-state index contributed by atoms with van der Waals surface area (Å²) in [7, 11) is 1.67. The lowest BCUT2D eigenvalue weighted by atomic mass is 10.3. The Morgan fingerprint density at radius 3 is 3.05 bits per heavy atom. The number of hydrogen-bond acceptors (Lipinski definition) is 5. The Labute approximate surface area is 118 Å². The van der Waals surface area contributed by atoms with Gasteiger partial charge in [-0.2, -0.15) is 0 Å². The zero-order chi connectivity index (χ0) is 13.8. The van der Waals surface area contributed by atoms with Crippen molar-refractivity contribution in [2.75, 3.05) is 51.8 Å². The molecular formula is C14H20N4O2. The van der Waals surface area contributed by atoms with E-state index in [2.05, 4.69) is 20.2 Å². The molecule has 0 aliphatic carbocycles. The van der Waals surface area contributed by atoms with Crippen molar-refractivity contribution in [3.8, 4) is 5.75 Å². The fourth-order valence-corrected chi connectivity index (χ4v) is 2.36. The fraction of sp³-hybridized carbons (Fsp3) is 0.500. The summed E-state index contributed by atoms with van der Waals surface area (Å²) in [5, 5.41) is 3.33. The molecule has 20 heavy (non-hydrogen) atoms. The van der Waals surface area contributed by atoms with E-state index in [1.807, 2.05) is 18.2 Å². The number of nitrogens with zero attached hydrogens (tertiary/aromatic N) is 2. The predicted molar refractivity (Wildman–Crippen MR) is 78.4 cm³/mol. The molecule has 0 unspecified atom stereocenters. The van der Waals surface area contributed by atoms with Crippen molar-refractivity contribution < 1.29 is 9.47 Å². The minimum Gasteiger partial charge on any atom is -0.497 e. The van der Waals surface area contributed by atoms with E-state index in [1.165, 1.54) is 0 Å². The van der Waals surface area contributed by atoms with Gasteiger partial charge in [-0.05, 0) is 12.1 Å². The van der Waals surface area contributed by atoms with E-state index in [4.69, 9.17) is 9.47 Å². The van der Waals surface area contributed by atoms with Crippen LogP contribution in [0.5, 0.6) is 5.75 Å². The van der Waals surface area contributed by atoms with Gasteiger partial charge in [-0.25, -0.2) is 4.98 Å².